The summed E-state index contributed by atoms with van der Waals surface area (Å²) in [7, 11) is 0. The molecular formula is C18H18BrFO. The summed E-state index contributed by atoms with van der Waals surface area (Å²) in [6.45, 7) is 6.38. The van der Waals surface area contributed by atoms with Crippen LogP contribution < -0.4 is 0 Å². The molecule has 110 valence electrons. The fourth-order valence-corrected chi connectivity index (χ4v) is 2.43. The Bertz CT molecular complexity index is 654. The molecule has 0 aliphatic rings. The number of hydrogen-bond acceptors (Lipinski definition) is 1. The highest BCUT2D eigenvalue weighted by atomic mass is 79.9. The first kappa shape index (κ1) is 15.9. The van der Waals surface area contributed by atoms with Crippen LogP contribution in [0.25, 0.3) is 0 Å². The Kier molecular flexibility index (Phi) is 4.62. The second kappa shape index (κ2) is 6.10. The van der Waals surface area contributed by atoms with Gasteiger partial charge in [-0.3, -0.25) is 4.79 Å². The monoisotopic (exact) mass is 348 g/mol. The van der Waals surface area contributed by atoms with Gasteiger partial charge in [0.15, 0.2) is 5.78 Å². The van der Waals surface area contributed by atoms with Crippen LogP contribution in [0.5, 0.6) is 0 Å². The van der Waals surface area contributed by atoms with E-state index in [1.807, 2.05) is 24.3 Å². The highest BCUT2D eigenvalue weighted by Gasteiger charge is 2.15. The SMILES string of the molecule is CC(C)(C)c1ccc(C(=O)Cc2ccc(Br)cc2F)cc1. The van der Waals surface area contributed by atoms with Gasteiger partial charge >= 0.3 is 0 Å². The number of ketones is 1. The lowest BCUT2D eigenvalue weighted by molar-refractivity contribution is 0.0992. The second-order valence-corrected chi connectivity index (χ2v) is 7.08. The van der Waals surface area contributed by atoms with Crippen molar-refractivity contribution in [2.75, 3.05) is 0 Å². The largest absolute Gasteiger partial charge is 0.294 e. The van der Waals surface area contributed by atoms with Crippen molar-refractivity contribution in [1.29, 1.82) is 0 Å². The van der Waals surface area contributed by atoms with Crippen LogP contribution in [0.2, 0.25) is 0 Å². The third kappa shape index (κ3) is 4.01. The summed E-state index contributed by atoms with van der Waals surface area (Å²) in [6, 6.07) is 12.3. The number of halogens is 2. The van der Waals surface area contributed by atoms with Crippen LogP contribution in [0, 0.1) is 5.82 Å². The molecule has 0 amide bonds. The second-order valence-electron chi connectivity index (χ2n) is 6.16. The summed E-state index contributed by atoms with van der Waals surface area (Å²) in [5, 5.41) is 0. The molecule has 0 radical (unpaired) electrons. The van der Waals surface area contributed by atoms with Crippen LogP contribution in [0.4, 0.5) is 4.39 Å². The molecule has 21 heavy (non-hydrogen) atoms. The molecule has 0 saturated heterocycles. The Morgan fingerprint density at radius 3 is 2.24 bits per heavy atom. The molecule has 0 aliphatic carbocycles. The van der Waals surface area contributed by atoms with Crippen LogP contribution in [-0.4, -0.2) is 5.78 Å². The minimum atomic E-state index is -0.357. The maximum absolute atomic E-state index is 13.8. The first-order valence-electron chi connectivity index (χ1n) is 6.85. The lowest BCUT2D eigenvalue weighted by atomic mass is 9.86. The van der Waals surface area contributed by atoms with Gasteiger partial charge in [-0.2, -0.15) is 0 Å². The molecule has 0 heterocycles. The van der Waals surface area contributed by atoms with Gasteiger partial charge in [0.05, 0.1) is 0 Å². The summed E-state index contributed by atoms with van der Waals surface area (Å²) < 4.78 is 14.4. The average Bonchev–Trinajstić information content (AvgIpc) is 2.41. The van der Waals surface area contributed by atoms with Crippen LogP contribution >= 0.6 is 15.9 Å². The smallest absolute Gasteiger partial charge is 0.167 e. The summed E-state index contributed by atoms with van der Waals surface area (Å²) >= 11 is 3.21. The predicted octanol–water partition coefficient (Wildman–Crippen LogP) is 5.31. The van der Waals surface area contributed by atoms with E-state index in [1.54, 1.807) is 12.1 Å². The van der Waals surface area contributed by atoms with Gasteiger partial charge < -0.3 is 0 Å². The molecule has 0 saturated carbocycles. The van der Waals surface area contributed by atoms with Gasteiger partial charge in [0.1, 0.15) is 5.82 Å². The maximum atomic E-state index is 13.8. The molecule has 2 aromatic carbocycles. The molecule has 2 aromatic rings. The van der Waals surface area contributed by atoms with Crippen molar-refractivity contribution < 1.29 is 9.18 Å². The molecule has 0 unspecified atom stereocenters. The Morgan fingerprint density at radius 1 is 1.10 bits per heavy atom. The molecular weight excluding hydrogens is 331 g/mol. The first-order chi connectivity index (χ1) is 9.77. The van der Waals surface area contributed by atoms with E-state index in [1.165, 1.54) is 11.6 Å². The van der Waals surface area contributed by atoms with E-state index in [0.717, 1.165) is 0 Å². The third-order valence-corrected chi connectivity index (χ3v) is 3.93. The van der Waals surface area contributed by atoms with E-state index < -0.39 is 0 Å². The van der Waals surface area contributed by atoms with Crippen LogP contribution in [0.15, 0.2) is 46.9 Å². The molecule has 0 spiro atoms. The highest BCUT2D eigenvalue weighted by Crippen LogP contribution is 2.23. The van der Waals surface area contributed by atoms with Crippen molar-refractivity contribution >= 4 is 21.7 Å². The molecule has 0 atom stereocenters. The first-order valence-corrected chi connectivity index (χ1v) is 7.64. The zero-order chi connectivity index (χ0) is 15.6. The zero-order valence-electron chi connectivity index (χ0n) is 12.4. The Balaban J connectivity index is 2.17. The van der Waals surface area contributed by atoms with Gasteiger partial charge in [-0.05, 0) is 28.7 Å². The summed E-state index contributed by atoms with van der Waals surface area (Å²) in [4.78, 5) is 12.2. The minimum absolute atomic E-state index is 0.0550. The quantitative estimate of drug-likeness (QED) is 0.686. The number of carbonyl (C=O) groups excluding carboxylic acids is 1. The van der Waals surface area contributed by atoms with E-state index in [2.05, 4.69) is 36.7 Å². The van der Waals surface area contributed by atoms with Gasteiger partial charge in [-0.1, -0.05) is 67.0 Å². The number of benzene rings is 2. The van der Waals surface area contributed by atoms with E-state index in [9.17, 15) is 9.18 Å². The number of rotatable bonds is 3. The van der Waals surface area contributed by atoms with Crippen molar-refractivity contribution in [2.45, 2.75) is 32.6 Å². The lowest BCUT2D eigenvalue weighted by Gasteiger charge is -2.19. The van der Waals surface area contributed by atoms with Crippen LogP contribution in [0.1, 0.15) is 42.3 Å². The Hall–Kier alpha value is -1.48. The fourth-order valence-electron chi connectivity index (χ4n) is 2.10. The van der Waals surface area contributed by atoms with Gasteiger partial charge in [0.25, 0.3) is 0 Å². The number of carbonyl (C=O) groups is 1. The van der Waals surface area contributed by atoms with Crippen molar-refractivity contribution in [2.24, 2.45) is 0 Å². The normalized spacial score (nSPS) is 11.5. The minimum Gasteiger partial charge on any atom is -0.294 e. The average molecular weight is 349 g/mol. The van der Waals surface area contributed by atoms with E-state index >= 15 is 0 Å². The van der Waals surface area contributed by atoms with E-state index in [-0.39, 0.29) is 23.4 Å². The molecule has 0 aliphatic heterocycles. The lowest BCUT2D eigenvalue weighted by Crippen LogP contribution is -2.12. The Morgan fingerprint density at radius 2 is 1.71 bits per heavy atom. The van der Waals surface area contributed by atoms with Crippen molar-refractivity contribution in [3.63, 3.8) is 0 Å². The molecule has 0 N–H and O–H groups in total. The predicted molar refractivity (Wildman–Crippen MR) is 87.3 cm³/mol. The molecule has 0 fully saturated rings. The number of Topliss-reactive ketones (excluding diaryl/α,β-unsaturated/α-hetero) is 1. The van der Waals surface area contributed by atoms with Gasteiger partial charge in [-0.25, -0.2) is 4.39 Å². The third-order valence-electron chi connectivity index (χ3n) is 3.44. The van der Waals surface area contributed by atoms with Crippen LogP contribution in [0.3, 0.4) is 0 Å². The molecule has 3 heteroatoms. The number of hydrogen-bond donors (Lipinski definition) is 0. The highest BCUT2D eigenvalue weighted by molar-refractivity contribution is 9.10. The van der Waals surface area contributed by atoms with Gasteiger partial charge in [0, 0.05) is 16.5 Å². The summed E-state index contributed by atoms with van der Waals surface area (Å²) in [6.07, 6.45) is 0.0774. The van der Waals surface area contributed by atoms with Crippen LogP contribution in [-0.2, 0) is 11.8 Å². The summed E-state index contributed by atoms with van der Waals surface area (Å²) in [5.41, 5.74) is 2.27. The fraction of sp³-hybridized carbons (Fsp3) is 0.278. The van der Waals surface area contributed by atoms with E-state index in [4.69, 9.17) is 0 Å². The van der Waals surface area contributed by atoms with E-state index in [0.29, 0.717) is 15.6 Å². The zero-order valence-corrected chi connectivity index (χ0v) is 14.0. The van der Waals surface area contributed by atoms with Crippen molar-refractivity contribution in [1.82, 2.24) is 0 Å². The van der Waals surface area contributed by atoms with Gasteiger partial charge in [0.2, 0.25) is 0 Å². The molecule has 1 nitrogen and oxygen atoms in total. The Labute approximate surface area is 133 Å². The molecule has 0 bridgehead atoms. The van der Waals surface area contributed by atoms with Crippen molar-refractivity contribution in [3.05, 3.63) is 69.4 Å². The van der Waals surface area contributed by atoms with Crippen molar-refractivity contribution in [3.8, 4) is 0 Å². The topological polar surface area (TPSA) is 17.1 Å². The molecule has 0 aromatic heterocycles. The standard InChI is InChI=1S/C18H18BrFO/c1-18(2,3)14-7-4-12(5-8-14)17(21)10-13-6-9-15(19)11-16(13)20/h4-9,11H,10H2,1-3H3. The summed E-state index contributed by atoms with van der Waals surface area (Å²) in [5.74, 6) is -0.430. The molecule has 2 rings (SSSR count). The maximum Gasteiger partial charge on any atom is 0.167 e. The van der Waals surface area contributed by atoms with Gasteiger partial charge in [-0.15, -0.1) is 0 Å².